The first kappa shape index (κ1) is 25.4. The third-order valence-corrected chi connectivity index (χ3v) is 6.43. The van der Waals surface area contributed by atoms with Crippen LogP contribution in [-0.4, -0.2) is 41.2 Å². The molecule has 0 bridgehead atoms. The molecule has 7 nitrogen and oxygen atoms in total. The molecule has 0 spiro atoms. The summed E-state index contributed by atoms with van der Waals surface area (Å²) in [5.74, 6) is 0.277. The number of imide groups is 1. The molecule has 180 valence electrons. The van der Waals surface area contributed by atoms with Crippen LogP contribution >= 0.6 is 11.8 Å². The number of hydrogen-bond donors (Lipinski definition) is 1. The van der Waals surface area contributed by atoms with Gasteiger partial charge >= 0.3 is 0 Å². The highest BCUT2D eigenvalue weighted by Gasteiger charge is 2.36. The first-order valence-electron chi connectivity index (χ1n) is 11.3. The Kier molecular flexibility index (Phi) is 8.39. The number of carbonyl (C=O) groups excluding carboxylic acids is 3. The van der Waals surface area contributed by atoms with Gasteiger partial charge in [0.1, 0.15) is 6.54 Å². The fraction of sp³-hybridized carbons (Fsp3) is 0.346. The van der Waals surface area contributed by atoms with Gasteiger partial charge < -0.3 is 14.8 Å². The molecular formula is C26H30N2O5S. The Bertz CT molecular complexity index is 1130. The number of benzene rings is 2. The minimum absolute atomic E-state index is 0.0382. The van der Waals surface area contributed by atoms with E-state index in [0.29, 0.717) is 29.4 Å². The Morgan fingerprint density at radius 2 is 1.91 bits per heavy atom. The SMILES string of the molecule is CCOc1cc(/C=C2/SC(=O)N(CC(=O)Nc3cccc(C)c3C)C2=O)ccc1O[C@@H](C)CC. The summed E-state index contributed by atoms with van der Waals surface area (Å²) in [6.45, 7) is 9.88. The van der Waals surface area contributed by atoms with E-state index in [2.05, 4.69) is 5.32 Å². The van der Waals surface area contributed by atoms with Crippen LogP contribution in [0.1, 0.15) is 43.9 Å². The highest BCUT2D eigenvalue weighted by Crippen LogP contribution is 2.35. The molecular weight excluding hydrogens is 452 g/mol. The van der Waals surface area contributed by atoms with Gasteiger partial charge in [-0.05, 0) is 86.8 Å². The van der Waals surface area contributed by atoms with Gasteiger partial charge in [0.2, 0.25) is 5.91 Å². The van der Waals surface area contributed by atoms with Crippen LogP contribution in [0.5, 0.6) is 11.5 Å². The number of hydrogen-bond acceptors (Lipinski definition) is 6. The number of carbonyl (C=O) groups is 3. The lowest BCUT2D eigenvalue weighted by Gasteiger charge is -2.16. The lowest BCUT2D eigenvalue weighted by molar-refractivity contribution is -0.127. The van der Waals surface area contributed by atoms with E-state index < -0.39 is 17.1 Å². The summed E-state index contributed by atoms with van der Waals surface area (Å²) < 4.78 is 11.6. The number of thioether (sulfide) groups is 1. The molecule has 3 rings (SSSR count). The maximum absolute atomic E-state index is 12.9. The van der Waals surface area contributed by atoms with Crippen LogP contribution in [0.3, 0.4) is 0 Å². The quantitative estimate of drug-likeness (QED) is 0.472. The maximum Gasteiger partial charge on any atom is 0.294 e. The number of nitrogens with one attached hydrogen (secondary N) is 1. The molecule has 8 heteroatoms. The molecule has 1 fully saturated rings. The van der Waals surface area contributed by atoms with E-state index in [1.54, 1.807) is 30.3 Å². The predicted octanol–water partition coefficient (Wildman–Crippen LogP) is 5.55. The molecule has 0 radical (unpaired) electrons. The van der Waals surface area contributed by atoms with Crippen molar-refractivity contribution in [3.8, 4) is 11.5 Å². The Hall–Kier alpha value is -3.26. The summed E-state index contributed by atoms with van der Waals surface area (Å²) in [5.41, 5.74) is 3.34. The van der Waals surface area contributed by atoms with Crippen LogP contribution in [0.25, 0.3) is 6.08 Å². The van der Waals surface area contributed by atoms with Gasteiger partial charge in [0, 0.05) is 5.69 Å². The molecule has 1 aliphatic heterocycles. The fourth-order valence-electron chi connectivity index (χ4n) is 3.29. The molecule has 1 saturated heterocycles. The van der Waals surface area contributed by atoms with Crippen molar-refractivity contribution in [1.29, 1.82) is 0 Å². The van der Waals surface area contributed by atoms with Gasteiger partial charge in [-0.1, -0.05) is 25.1 Å². The summed E-state index contributed by atoms with van der Waals surface area (Å²) in [7, 11) is 0. The van der Waals surface area contributed by atoms with Crippen molar-refractivity contribution in [3.63, 3.8) is 0 Å². The molecule has 0 aliphatic carbocycles. The van der Waals surface area contributed by atoms with Gasteiger partial charge in [0.25, 0.3) is 11.1 Å². The van der Waals surface area contributed by atoms with Crippen LogP contribution in [0.4, 0.5) is 10.5 Å². The van der Waals surface area contributed by atoms with Crippen molar-refractivity contribution in [2.24, 2.45) is 0 Å². The lowest BCUT2D eigenvalue weighted by Crippen LogP contribution is -2.36. The third-order valence-electron chi connectivity index (χ3n) is 5.52. The molecule has 0 aromatic heterocycles. The lowest BCUT2D eigenvalue weighted by atomic mass is 10.1. The molecule has 1 aliphatic rings. The van der Waals surface area contributed by atoms with E-state index in [9.17, 15) is 14.4 Å². The van der Waals surface area contributed by atoms with Gasteiger partial charge in [-0.15, -0.1) is 0 Å². The second-order valence-corrected chi connectivity index (χ2v) is 9.03. The molecule has 0 unspecified atom stereocenters. The van der Waals surface area contributed by atoms with Crippen molar-refractivity contribution < 1.29 is 23.9 Å². The zero-order chi connectivity index (χ0) is 24.8. The van der Waals surface area contributed by atoms with Crippen molar-refractivity contribution in [2.45, 2.75) is 47.1 Å². The predicted molar refractivity (Wildman–Crippen MR) is 135 cm³/mol. The Labute approximate surface area is 204 Å². The molecule has 1 heterocycles. The Balaban J connectivity index is 1.74. The summed E-state index contributed by atoms with van der Waals surface area (Å²) >= 11 is 0.815. The Morgan fingerprint density at radius 1 is 1.15 bits per heavy atom. The normalized spacial score (nSPS) is 15.6. The monoisotopic (exact) mass is 482 g/mol. The second-order valence-electron chi connectivity index (χ2n) is 8.04. The van der Waals surface area contributed by atoms with Gasteiger partial charge in [-0.25, -0.2) is 0 Å². The zero-order valence-electron chi connectivity index (χ0n) is 20.1. The van der Waals surface area contributed by atoms with Crippen LogP contribution in [-0.2, 0) is 9.59 Å². The fourth-order valence-corrected chi connectivity index (χ4v) is 4.13. The van der Waals surface area contributed by atoms with Gasteiger partial charge in [0.05, 0.1) is 17.6 Å². The standard InChI is InChI=1S/C26H30N2O5S/c1-6-17(4)33-21-12-11-19(13-22(21)32-7-2)14-23-25(30)28(26(31)34-23)15-24(29)27-20-10-8-9-16(3)18(20)5/h8-14,17H,6-7,15H2,1-5H3,(H,27,29)/b23-14+/t17-/m0/s1. The van der Waals surface area contributed by atoms with Gasteiger partial charge in [-0.3, -0.25) is 19.3 Å². The maximum atomic E-state index is 12.9. The van der Waals surface area contributed by atoms with Crippen molar-refractivity contribution in [1.82, 2.24) is 4.90 Å². The van der Waals surface area contributed by atoms with Crippen molar-refractivity contribution >= 4 is 40.6 Å². The van der Waals surface area contributed by atoms with Gasteiger partial charge in [0.15, 0.2) is 11.5 Å². The first-order valence-corrected chi connectivity index (χ1v) is 12.1. The van der Waals surface area contributed by atoms with E-state index in [0.717, 1.165) is 34.2 Å². The van der Waals surface area contributed by atoms with Crippen LogP contribution in [0.2, 0.25) is 0 Å². The van der Waals surface area contributed by atoms with E-state index in [4.69, 9.17) is 9.47 Å². The Morgan fingerprint density at radius 3 is 2.62 bits per heavy atom. The number of amides is 3. The van der Waals surface area contributed by atoms with Gasteiger partial charge in [-0.2, -0.15) is 0 Å². The smallest absolute Gasteiger partial charge is 0.294 e. The highest BCUT2D eigenvalue weighted by atomic mass is 32.2. The van der Waals surface area contributed by atoms with E-state index >= 15 is 0 Å². The number of nitrogens with zero attached hydrogens (tertiary/aromatic N) is 1. The minimum Gasteiger partial charge on any atom is -0.490 e. The average Bonchev–Trinajstić information content (AvgIpc) is 3.06. The van der Waals surface area contributed by atoms with Crippen LogP contribution < -0.4 is 14.8 Å². The van der Waals surface area contributed by atoms with E-state index in [1.165, 1.54) is 0 Å². The molecule has 1 N–H and O–H groups in total. The summed E-state index contributed by atoms with van der Waals surface area (Å²) in [6, 6.07) is 11.0. The number of aryl methyl sites for hydroxylation is 1. The van der Waals surface area contributed by atoms with E-state index in [-0.39, 0.29) is 17.6 Å². The second kappa shape index (κ2) is 11.2. The highest BCUT2D eigenvalue weighted by molar-refractivity contribution is 8.18. The van der Waals surface area contributed by atoms with Crippen LogP contribution in [0, 0.1) is 13.8 Å². The van der Waals surface area contributed by atoms with Crippen molar-refractivity contribution in [3.05, 3.63) is 58.0 Å². The molecule has 0 saturated carbocycles. The summed E-state index contributed by atoms with van der Waals surface area (Å²) in [6.07, 6.45) is 2.52. The molecule has 1 atom stereocenters. The number of anilines is 1. The number of ether oxygens (including phenoxy) is 2. The third kappa shape index (κ3) is 5.99. The average molecular weight is 483 g/mol. The largest absolute Gasteiger partial charge is 0.490 e. The van der Waals surface area contributed by atoms with Crippen LogP contribution in [0.15, 0.2) is 41.3 Å². The van der Waals surface area contributed by atoms with E-state index in [1.807, 2.05) is 46.8 Å². The molecule has 3 amide bonds. The molecule has 2 aromatic rings. The first-order chi connectivity index (χ1) is 16.2. The summed E-state index contributed by atoms with van der Waals surface area (Å²) in [5, 5.41) is 2.31. The number of rotatable bonds is 9. The molecule has 34 heavy (non-hydrogen) atoms. The van der Waals surface area contributed by atoms with Crippen molar-refractivity contribution in [2.75, 3.05) is 18.5 Å². The topological polar surface area (TPSA) is 84.9 Å². The minimum atomic E-state index is -0.496. The zero-order valence-corrected chi connectivity index (χ0v) is 21.0. The molecule has 2 aromatic carbocycles. The summed E-state index contributed by atoms with van der Waals surface area (Å²) in [4.78, 5) is 39.1.